The van der Waals surface area contributed by atoms with E-state index >= 15 is 0 Å². The topological polar surface area (TPSA) is 100 Å². The molecule has 2 heterocycles. The van der Waals surface area contributed by atoms with Gasteiger partial charge in [0, 0.05) is 0 Å². The van der Waals surface area contributed by atoms with E-state index in [2.05, 4.69) is 72.6 Å². The molecule has 0 radical (unpaired) electrons. The van der Waals surface area contributed by atoms with Crippen molar-refractivity contribution in [1.29, 1.82) is 0 Å². The van der Waals surface area contributed by atoms with Crippen molar-refractivity contribution in [3.63, 3.8) is 0 Å². The van der Waals surface area contributed by atoms with Crippen LogP contribution in [0.3, 0.4) is 0 Å². The van der Waals surface area contributed by atoms with Crippen molar-refractivity contribution >= 4 is 13.0 Å². The molecule has 1 aromatic rings. The van der Waals surface area contributed by atoms with Gasteiger partial charge in [0.1, 0.15) is 0 Å². The minimum Gasteiger partial charge on any atom is -0.774 e. The van der Waals surface area contributed by atoms with Gasteiger partial charge in [0.25, 0.3) is 0 Å². The third-order valence-corrected chi connectivity index (χ3v) is 6.26. The van der Waals surface area contributed by atoms with Gasteiger partial charge in [-0.2, -0.15) is 0 Å². The van der Waals surface area contributed by atoms with Gasteiger partial charge in [-0.25, -0.2) is 4.68 Å². The smallest absolute Gasteiger partial charge is 0.184 e. The van der Waals surface area contributed by atoms with E-state index in [1.165, 1.54) is 10.9 Å². The third kappa shape index (κ3) is 5.00. The standard InChI is InChI=1S/C19H36N3O4P/c1-17(2,3)14-12(10-22-11-13(20-21-22)27(23,24)25)26-16(19(7,8)9)15(14)18(4,5)6/h11-12,14-16H,10H2,1-9H3,(H2,23,24,25)/p-1/t12-,14+,15?,16-/m1/s1. The average Bonchev–Trinajstić information content (AvgIpc) is 3.00. The first-order valence-electron chi connectivity index (χ1n) is 9.52. The Morgan fingerprint density at radius 1 is 1.07 bits per heavy atom. The van der Waals surface area contributed by atoms with Crippen LogP contribution in [0.25, 0.3) is 0 Å². The molecule has 2 unspecified atom stereocenters. The number of hydrogen-bond acceptors (Lipinski definition) is 5. The molecule has 1 aromatic heterocycles. The fraction of sp³-hybridized carbons (Fsp3) is 0.895. The highest BCUT2D eigenvalue weighted by atomic mass is 31.2. The molecule has 1 saturated heterocycles. The van der Waals surface area contributed by atoms with E-state index in [1.807, 2.05) is 0 Å². The molecule has 1 N–H and O–H groups in total. The lowest BCUT2D eigenvalue weighted by atomic mass is 9.59. The highest BCUT2D eigenvalue weighted by Crippen LogP contribution is 2.55. The minimum atomic E-state index is -4.65. The number of nitrogens with zero attached hydrogens (tertiary/aromatic N) is 3. The van der Waals surface area contributed by atoms with Crippen molar-refractivity contribution in [2.75, 3.05) is 0 Å². The fourth-order valence-corrected chi connectivity index (χ4v) is 4.89. The normalized spacial score (nSPS) is 29.7. The quantitative estimate of drug-likeness (QED) is 0.783. The molecule has 0 aromatic carbocycles. The van der Waals surface area contributed by atoms with E-state index in [0.29, 0.717) is 12.5 Å². The number of ether oxygens (including phenoxy) is 1. The first-order valence-corrected chi connectivity index (χ1v) is 11.1. The van der Waals surface area contributed by atoms with Gasteiger partial charge in [0.2, 0.25) is 0 Å². The molecule has 0 amide bonds. The summed E-state index contributed by atoms with van der Waals surface area (Å²) in [4.78, 5) is 20.5. The summed E-state index contributed by atoms with van der Waals surface area (Å²) in [5.74, 6) is 0.580. The molecule has 0 aliphatic carbocycles. The molecular formula is C19H35N3O4P-. The average molecular weight is 400 g/mol. The Labute approximate surface area is 163 Å². The van der Waals surface area contributed by atoms with Gasteiger partial charge in [-0.15, -0.1) is 5.10 Å². The van der Waals surface area contributed by atoms with Crippen LogP contribution in [0, 0.1) is 28.1 Å². The lowest BCUT2D eigenvalue weighted by molar-refractivity contribution is -0.189. The summed E-state index contributed by atoms with van der Waals surface area (Å²) in [5, 5.41) is 7.48. The van der Waals surface area contributed by atoms with Gasteiger partial charge in [-0.3, -0.25) is 0 Å². The van der Waals surface area contributed by atoms with Gasteiger partial charge >= 0.3 is 0 Å². The summed E-state index contributed by atoms with van der Waals surface area (Å²) < 4.78 is 19.4. The van der Waals surface area contributed by atoms with Crippen LogP contribution in [-0.4, -0.2) is 32.1 Å². The molecule has 2 rings (SSSR count). The van der Waals surface area contributed by atoms with Gasteiger partial charge in [-0.05, 0) is 28.1 Å². The molecular weight excluding hydrogens is 365 g/mol. The zero-order chi connectivity index (χ0) is 21.0. The Morgan fingerprint density at radius 3 is 1.96 bits per heavy atom. The van der Waals surface area contributed by atoms with Crippen molar-refractivity contribution in [3.05, 3.63) is 6.20 Å². The van der Waals surface area contributed by atoms with Gasteiger partial charge < -0.3 is 19.1 Å². The first kappa shape index (κ1) is 22.5. The van der Waals surface area contributed by atoms with E-state index in [9.17, 15) is 14.4 Å². The van der Waals surface area contributed by atoms with E-state index in [4.69, 9.17) is 4.74 Å². The molecule has 1 fully saturated rings. The maximum Gasteiger partial charge on any atom is 0.184 e. The first-order chi connectivity index (χ1) is 11.9. The highest BCUT2D eigenvalue weighted by molar-refractivity contribution is 7.58. The molecule has 1 aliphatic rings. The van der Waals surface area contributed by atoms with Crippen molar-refractivity contribution < 1.29 is 19.1 Å². The van der Waals surface area contributed by atoms with E-state index < -0.39 is 13.0 Å². The third-order valence-electron chi connectivity index (χ3n) is 5.47. The molecule has 0 saturated carbocycles. The summed E-state index contributed by atoms with van der Waals surface area (Å²) in [6, 6.07) is 0. The molecule has 1 aliphatic heterocycles. The fourth-order valence-electron chi connectivity index (χ4n) is 4.46. The van der Waals surface area contributed by atoms with Crippen LogP contribution < -0.4 is 10.3 Å². The minimum absolute atomic E-state index is 0.00315. The Balaban J connectivity index is 2.42. The summed E-state index contributed by atoms with van der Waals surface area (Å²) in [7, 11) is -4.65. The van der Waals surface area contributed by atoms with Gasteiger partial charge in [0.05, 0.1) is 24.9 Å². The molecule has 5 atom stereocenters. The summed E-state index contributed by atoms with van der Waals surface area (Å²) in [6.45, 7) is 20.4. The Kier molecular flexibility index (Phi) is 5.79. The van der Waals surface area contributed by atoms with E-state index in [-0.39, 0.29) is 34.4 Å². The molecule has 0 spiro atoms. The van der Waals surface area contributed by atoms with Crippen LogP contribution in [0.5, 0.6) is 0 Å². The molecule has 156 valence electrons. The van der Waals surface area contributed by atoms with Crippen LogP contribution in [0.1, 0.15) is 62.3 Å². The summed E-state index contributed by atoms with van der Waals surface area (Å²) in [5.41, 5.74) is -0.391. The van der Waals surface area contributed by atoms with E-state index in [1.54, 1.807) is 0 Å². The molecule has 0 bridgehead atoms. The lowest BCUT2D eigenvalue weighted by Gasteiger charge is -2.44. The van der Waals surface area contributed by atoms with Gasteiger partial charge in [-0.1, -0.05) is 67.5 Å². The molecule has 27 heavy (non-hydrogen) atoms. The number of hydrogen-bond donors (Lipinski definition) is 1. The van der Waals surface area contributed by atoms with Crippen molar-refractivity contribution in [1.82, 2.24) is 15.0 Å². The van der Waals surface area contributed by atoms with Crippen LogP contribution in [0.4, 0.5) is 0 Å². The van der Waals surface area contributed by atoms with Crippen molar-refractivity contribution in [3.8, 4) is 0 Å². The highest BCUT2D eigenvalue weighted by Gasteiger charge is 2.56. The van der Waals surface area contributed by atoms with Crippen LogP contribution in [0.15, 0.2) is 6.20 Å². The second-order valence-electron chi connectivity index (χ2n) is 11.1. The Bertz CT molecular complexity index is 706. The number of aromatic nitrogens is 3. The maximum absolute atomic E-state index is 11.3. The summed E-state index contributed by atoms with van der Waals surface area (Å²) >= 11 is 0. The monoisotopic (exact) mass is 400 g/mol. The van der Waals surface area contributed by atoms with Crippen molar-refractivity contribution in [2.45, 2.75) is 81.1 Å². The van der Waals surface area contributed by atoms with Crippen LogP contribution in [0.2, 0.25) is 0 Å². The predicted molar refractivity (Wildman–Crippen MR) is 103 cm³/mol. The maximum atomic E-state index is 11.3. The molecule has 8 heteroatoms. The number of rotatable bonds is 3. The van der Waals surface area contributed by atoms with Crippen LogP contribution in [-0.2, 0) is 15.8 Å². The second-order valence-corrected chi connectivity index (χ2v) is 12.6. The van der Waals surface area contributed by atoms with Crippen LogP contribution >= 0.6 is 7.60 Å². The second kappa shape index (κ2) is 6.94. The zero-order valence-electron chi connectivity index (χ0n) is 18.1. The Hall–Kier alpha value is -0.750. The van der Waals surface area contributed by atoms with E-state index in [0.717, 1.165) is 0 Å². The summed E-state index contributed by atoms with van der Waals surface area (Å²) in [6.07, 6.45) is 1.21. The van der Waals surface area contributed by atoms with Crippen molar-refractivity contribution in [2.24, 2.45) is 28.1 Å². The molecule has 7 nitrogen and oxygen atoms in total. The van der Waals surface area contributed by atoms with Gasteiger partial charge in [0.15, 0.2) is 13.0 Å². The predicted octanol–water partition coefficient (Wildman–Crippen LogP) is 2.59. The Morgan fingerprint density at radius 2 is 1.59 bits per heavy atom. The zero-order valence-corrected chi connectivity index (χ0v) is 18.9. The largest absolute Gasteiger partial charge is 0.774 e. The SMILES string of the molecule is CC(C)(C)C1[C@H](C(C)(C)C)O[C@H](Cn2cc(P(=O)([O-])O)nn2)[C@@H]1C(C)(C)C. The lowest BCUT2D eigenvalue weighted by Crippen LogP contribution is -2.44.